The maximum atomic E-state index is 13.1. The number of nitrogens with zero attached hydrogens (tertiary/aromatic N) is 2. The van der Waals surface area contributed by atoms with Crippen molar-refractivity contribution in [3.63, 3.8) is 0 Å². The van der Waals surface area contributed by atoms with Crippen LogP contribution in [0.3, 0.4) is 0 Å². The monoisotopic (exact) mass is 277 g/mol. The first-order chi connectivity index (χ1) is 9.50. The third-order valence-corrected chi connectivity index (χ3v) is 3.77. The summed E-state index contributed by atoms with van der Waals surface area (Å²) in [5, 5.41) is 14.2. The maximum absolute atomic E-state index is 13.1. The molecule has 0 fully saturated rings. The summed E-state index contributed by atoms with van der Waals surface area (Å²) in [4.78, 5) is 0. The fraction of sp³-hybridized carbons (Fsp3) is 0.400. The van der Waals surface area contributed by atoms with Crippen LogP contribution < -0.4 is 5.73 Å². The van der Waals surface area contributed by atoms with Gasteiger partial charge in [-0.25, -0.2) is 4.39 Å². The summed E-state index contributed by atoms with van der Waals surface area (Å²) in [7, 11) is 1.87. The van der Waals surface area contributed by atoms with E-state index in [2.05, 4.69) is 5.10 Å². The number of halogens is 1. The number of benzene rings is 1. The van der Waals surface area contributed by atoms with Gasteiger partial charge in [-0.15, -0.1) is 0 Å². The molecule has 4 nitrogen and oxygen atoms in total. The molecule has 2 aromatic rings. The molecule has 2 rings (SSSR count). The largest absolute Gasteiger partial charge is 0.395 e. The smallest absolute Gasteiger partial charge is 0.123 e. The number of aliphatic hydroxyl groups is 1. The van der Waals surface area contributed by atoms with Gasteiger partial charge in [0.1, 0.15) is 5.82 Å². The van der Waals surface area contributed by atoms with E-state index in [0.29, 0.717) is 6.42 Å². The van der Waals surface area contributed by atoms with Gasteiger partial charge in [-0.2, -0.15) is 5.10 Å². The topological polar surface area (TPSA) is 64.1 Å². The predicted octanol–water partition coefficient (Wildman–Crippen LogP) is 1.30. The molecule has 0 aliphatic heterocycles. The first-order valence-corrected chi connectivity index (χ1v) is 6.57. The Balaban J connectivity index is 2.39. The summed E-state index contributed by atoms with van der Waals surface area (Å²) in [6.45, 7) is 2.10. The van der Waals surface area contributed by atoms with Crippen LogP contribution in [0.4, 0.5) is 4.39 Å². The molecule has 0 saturated heterocycles. The predicted molar refractivity (Wildman–Crippen MR) is 75.9 cm³/mol. The second kappa shape index (κ2) is 5.73. The molecule has 0 aliphatic rings. The molecule has 1 unspecified atom stereocenters. The zero-order valence-corrected chi connectivity index (χ0v) is 11.8. The highest BCUT2D eigenvalue weighted by molar-refractivity contribution is 5.29. The van der Waals surface area contributed by atoms with Crippen LogP contribution in [-0.2, 0) is 18.9 Å². The van der Waals surface area contributed by atoms with Gasteiger partial charge < -0.3 is 10.8 Å². The van der Waals surface area contributed by atoms with E-state index in [1.165, 1.54) is 12.1 Å². The number of rotatable bonds is 5. The van der Waals surface area contributed by atoms with E-state index >= 15 is 0 Å². The zero-order chi connectivity index (χ0) is 14.8. The standard InChI is InChI=1S/C15H20FN3O/c1-11-7-14(19(2)18-11)8-15(9-17,10-20)12-3-5-13(16)6-4-12/h3-7,20H,8-10,17H2,1-2H3. The van der Waals surface area contributed by atoms with Crippen molar-refractivity contribution in [3.8, 4) is 0 Å². The molecule has 20 heavy (non-hydrogen) atoms. The lowest BCUT2D eigenvalue weighted by molar-refractivity contribution is 0.194. The third kappa shape index (κ3) is 2.73. The lowest BCUT2D eigenvalue weighted by atomic mass is 9.77. The van der Waals surface area contributed by atoms with Crippen molar-refractivity contribution in [2.24, 2.45) is 12.8 Å². The van der Waals surface area contributed by atoms with Gasteiger partial charge >= 0.3 is 0 Å². The van der Waals surface area contributed by atoms with E-state index in [4.69, 9.17) is 5.73 Å². The molecule has 108 valence electrons. The summed E-state index contributed by atoms with van der Waals surface area (Å²) in [6, 6.07) is 8.13. The lowest BCUT2D eigenvalue weighted by Gasteiger charge is -2.31. The summed E-state index contributed by atoms with van der Waals surface area (Å²) >= 11 is 0. The second-order valence-electron chi connectivity index (χ2n) is 5.23. The van der Waals surface area contributed by atoms with Gasteiger partial charge in [-0.3, -0.25) is 4.68 Å². The van der Waals surface area contributed by atoms with E-state index in [1.54, 1.807) is 16.8 Å². The summed E-state index contributed by atoms with van der Waals surface area (Å²) < 4.78 is 14.9. The molecule has 0 radical (unpaired) electrons. The quantitative estimate of drug-likeness (QED) is 0.866. The fourth-order valence-electron chi connectivity index (χ4n) is 2.48. The molecule has 1 heterocycles. The third-order valence-electron chi connectivity index (χ3n) is 3.77. The molecule has 0 amide bonds. The van der Waals surface area contributed by atoms with Gasteiger partial charge in [0.05, 0.1) is 12.3 Å². The Hall–Kier alpha value is -1.72. The molecule has 0 spiro atoms. The van der Waals surface area contributed by atoms with E-state index < -0.39 is 5.41 Å². The van der Waals surface area contributed by atoms with E-state index in [9.17, 15) is 9.50 Å². The van der Waals surface area contributed by atoms with Crippen LogP contribution in [0.2, 0.25) is 0 Å². The van der Waals surface area contributed by atoms with E-state index in [1.807, 2.05) is 20.0 Å². The number of aliphatic hydroxyl groups excluding tert-OH is 1. The van der Waals surface area contributed by atoms with Crippen molar-refractivity contribution >= 4 is 0 Å². The van der Waals surface area contributed by atoms with Crippen molar-refractivity contribution < 1.29 is 9.50 Å². The minimum Gasteiger partial charge on any atom is -0.395 e. The van der Waals surface area contributed by atoms with Crippen LogP contribution in [0.25, 0.3) is 0 Å². The van der Waals surface area contributed by atoms with Crippen molar-refractivity contribution in [2.45, 2.75) is 18.8 Å². The number of hydrogen-bond donors (Lipinski definition) is 2. The van der Waals surface area contributed by atoms with Crippen LogP contribution in [0.1, 0.15) is 17.0 Å². The van der Waals surface area contributed by atoms with Gasteiger partial charge in [0.2, 0.25) is 0 Å². The minimum absolute atomic E-state index is 0.0979. The number of aromatic nitrogens is 2. The van der Waals surface area contributed by atoms with Crippen LogP contribution in [0.5, 0.6) is 0 Å². The zero-order valence-electron chi connectivity index (χ0n) is 11.8. The molecule has 1 aromatic carbocycles. The Morgan fingerprint density at radius 3 is 2.45 bits per heavy atom. The Kier molecular flexibility index (Phi) is 4.20. The number of hydrogen-bond acceptors (Lipinski definition) is 3. The number of nitrogens with two attached hydrogens (primary N) is 1. The Morgan fingerprint density at radius 2 is 2.00 bits per heavy atom. The average molecular weight is 277 g/mol. The highest BCUT2D eigenvalue weighted by Gasteiger charge is 2.31. The van der Waals surface area contributed by atoms with Gasteiger partial charge in [0, 0.05) is 31.1 Å². The fourth-order valence-corrected chi connectivity index (χ4v) is 2.48. The maximum Gasteiger partial charge on any atom is 0.123 e. The Bertz CT molecular complexity index is 573. The highest BCUT2D eigenvalue weighted by atomic mass is 19.1. The Labute approximate surface area is 118 Å². The van der Waals surface area contributed by atoms with Crippen molar-refractivity contribution in [1.82, 2.24) is 9.78 Å². The van der Waals surface area contributed by atoms with Crippen LogP contribution in [0, 0.1) is 12.7 Å². The van der Waals surface area contributed by atoms with E-state index in [-0.39, 0.29) is 19.0 Å². The normalized spacial score (nSPS) is 14.2. The first-order valence-electron chi connectivity index (χ1n) is 6.57. The lowest BCUT2D eigenvalue weighted by Crippen LogP contribution is -2.41. The van der Waals surface area contributed by atoms with Crippen molar-refractivity contribution in [3.05, 3.63) is 53.1 Å². The highest BCUT2D eigenvalue weighted by Crippen LogP contribution is 2.28. The van der Waals surface area contributed by atoms with Crippen LogP contribution in [-0.4, -0.2) is 28.0 Å². The number of aryl methyl sites for hydroxylation is 2. The molecular formula is C15H20FN3O. The molecule has 1 atom stereocenters. The van der Waals surface area contributed by atoms with Gasteiger partial charge in [0.25, 0.3) is 0 Å². The molecule has 0 aliphatic carbocycles. The molecular weight excluding hydrogens is 257 g/mol. The SMILES string of the molecule is Cc1cc(CC(CN)(CO)c2ccc(F)cc2)n(C)n1. The molecule has 5 heteroatoms. The molecule has 1 aromatic heterocycles. The molecule has 0 saturated carbocycles. The summed E-state index contributed by atoms with van der Waals surface area (Å²) in [5.41, 5.74) is 8.04. The summed E-state index contributed by atoms with van der Waals surface area (Å²) in [5.74, 6) is -0.297. The van der Waals surface area contributed by atoms with Gasteiger partial charge in [-0.05, 0) is 30.7 Å². The van der Waals surface area contributed by atoms with Crippen LogP contribution in [0.15, 0.2) is 30.3 Å². The average Bonchev–Trinajstić information content (AvgIpc) is 2.75. The molecule has 3 N–H and O–H groups in total. The minimum atomic E-state index is -0.617. The Morgan fingerprint density at radius 1 is 1.35 bits per heavy atom. The summed E-state index contributed by atoms with van der Waals surface area (Å²) in [6.07, 6.45) is 0.559. The second-order valence-corrected chi connectivity index (χ2v) is 5.23. The molecule has 0 bridgehead atoms. The van der Waals surface area contributed by atoms with Crippen LogP contribution >= 0.6 is 0 Å². The van der Waals surface area contributed by atoms with Gasteiger partial charge in [0.15, 0.2) is 0 Å². The first kappa shape index (κ1) is 14.7. The van der Waals surface area contributed by atoms with E-state index in [0.717, 1.165) is 17.0 Å². The van der Waals surface area contributed by atoms with Gasteiger partial charge in [-0.1, -0.05) is 12.1 Å². The van der Waals surface area contributed by atoms with Crippen molar-refractivity contribution in [1.29, 1.82) is 0 Å². The van der Waals surface area contributed by atoms with Crippen molar-refractivity contribution in [2.75, 3.05) is 13.2 Å².